The Hall–Kier alpha value is -4.17. The molecule has 8 nitrogen and oxygen atoms in total. The predicted octanol–water partition coefficient (Wildman–Crippen LogP) is 5.17. The van der Waals surface area contributed by atoms with E-state index in [1.165, 1.54) is 0 Å². The van der Waals surface area contributed by atoms with E-state index in [1.54, 1.807) is 32.4 Å². The van der Waals surface area contributed by atoms with Crippen LogP contribution in [0.3, 0.4) is 0 Å². The van der Waals surface area contributed by atoms with Gasteiger partial charge in [0.2, 0.25) is 5.91 Å². The molecule has 182 valence electrons. The summed E-state index contributed by atoms with van der Waals surface area (Å²) in [4.78, 5) is 18.3. The van der Waals surface area contributed by atoms with Crippen LogP contribution < -0.4 is 14.8 Å². The third-order valence-electron chi connectivity index (χ3n) is 6.01. The molecule has 0 bridgehead atoms. The SMILES string of the molecule is COc1ccc(OC)c(NC(=O)CC2N=C(c3ccc(Cl)cc3)c3ccccc3-n3c(C)nnc32)c1. The van der Waals surface area contributed by atoms with Gasteiger partial charge < -0.3 is 14.8 Å². The van der Waals surface area contributed by atoms with E-state index in [1.807, 2.05) is 60.0 Å². The molecule has 1 aliphatic heterocycles. The van der Waals surface area contributed by atoms with E-state index in [-0.39, 0.29) is 12.3 Å². The molecule has 0 saturated carbocycles. The number of amides is 1. The highest BCUT2D eigenvalue weighted by atomic mass is 35.5. The number of anilines is 1. The van der Waals surface area contributed by atoms with Gasteiger partial charge in [0, 0.05) is 22.2 Å². The summed E-state index contributed by atoms with van der Waals surface area (Å²) in [6.45, 7) is 1.89. The number of ether oxygens (including phenoxy) is 2. The first kappa shape index (κ1) is 23.6. The van der Waals surface area contributed by atoms with Crippen LogP contribution in [0.5, 0.6) is 11.5 Å². The third kappa shape index (κ3) is 4.43. The Kier molecular flexibility index (Phi) is 6.43. The number of nitrogens with one attached hydrogen (secondary N) is 1. The van der Waals surface area contributed by atoms with E-state index in [2.05, 4.69) is 15.5 Å². The first-order valence-electron chi connectivity index (χ1n) is 11.4. The number of halogens is 1. The summed E-state index contributed by atoms with van der Waals surface area (Å²) >= 11 is 6.15. The van der Waals surface area contributed by atoms with E-state index in [4.69, 9.17) is 26.1 Å². The van der Waals surface area contributed by atoms with Crippen molar-refractivity contribution < 1.29 is 14.3 Å². The van der Waals surface area contributed by atoms with Crippen molar-refractivity contribution in [3.63, 3.8) is 0 Å². The normalized spacial score (nSPS) is 14.2. The van der Waals surface area contributed by atoms with E-state index in [9.17, 15) is 4.79 Å². The number of para-hydroxylation sites is 1. The zero-order valence-corrected chi connectivity index (χ0v) is 20.8. The van der Waals surface area contributed by atoms with E-state index >= 15 is 0 Å². The van der Waals surface area contributed by atoms with Gasteiger partial charge in [-0.05, 0) is 37.3 Å². The summed E-state index contributed by atoms with van der Waals surface area (Å²) in [6.07, 6.45) is 0.0452. The topological polar surface area (TPSA) is 90.6 Å². The molecule has 5 rings (SSSR count). The van der Waals surface area contributed by atoms with Crippen molar-refractivity contribution >= 4 is 28.9 Å². The maximum atomic E-state index is 13.3. The first-order valence-corrected chi connectivity index (χ1v) is 11.7. The number of carbonyl (C=O) groups excluding carboxylic acids is 1. The molecular formula is C27H24ClN5O3. The summed E-state index contributed by atoms with van der Waals surface area (Å²) in [5, 5.41) is 12.3. The minimum Gasteiger partial charge on any atom is -0.497 e. The molecule has 36 heavy (non-hydrogen) atoms. The average molecular weight is 502 g/mol. The van der Waals surface area contributed by atoms with Crippen molar-refractivity contribution in [1.29, 1.82) is 0 Å². The van der Waals surface area contributed by atoms with Crippen LogP contribution in [0, 0.1) is 6.92 Å². The molecular weight excluding hydrogens is 478 g/mol. The number of hydrogen-bond donors (Lipinski definition) is 1. The summed E-state index contributed by atoms with van der Waals surface area (Å²) in [6, 6.07) is 20.1. The summed E-state index contributed by atoms with van der Waals surface area (Å²) in [5.74, 6) is 2.20. The van der Waals surface area contributed by atoms with Crippen LogP contribution in [0.15, 0.2) is 71.7 Å². The molecule has 0 fully saturated rings. The molecule has 1 aromatic heterocycles. The quantitative estimate of drug-likeness (QED) is 0.393. The molecule has 3 aromatic carbocycles. The molecule has 1 N–H and O–H groups in total. The van der Waals surface area contributed by atoms with Crippen molar-refractivity contribution in [2.75, 3.05) is 19.5 Å². The second kappa shape index (κ2) is 9.83. The standard InChI is InChI=1S/C27H24ClN5O3/c1-16-31-32-27-22(15-25(34)29-21-14-19(35-2)12-13-24(21)36-3)30-26(17-8-10-18(28)11-9-17)20-6-4-5-7-23(20)33(16)27/h4-14,22H,15H2,1-3H3,(H,29,34). The number of nitrogens with zero attached hydrogens (tertiary/aromatic N) is 4. The number of aryl methyl sites for hydroxylation is 1. The van der Waals surface area contributed by atoms with E-state index in [0.29, 0.717) is 33.9 Å². The number of carbonyl (C=O) groups is 1. The summed E-state index contributed by atoms with van der Waals surface area (Å²) < 4.78 is 12.7. The molecule has 4 aromatic rings. The summed E-state index contributed by atoms with van der Waals surface area (Å²) in [7, 11) is 3.12. The number of aromatic nitrogens is 3. The van der Waals surface area contributed by atoms with Gasteiger partial charge in [-0.25, -0.2) is 0 Å². The van der Waals surface area contributed by atoms with Crippen LogP contribution in [0.25, 0.3) is 5.69 Å². The largest absolute Gasteiger partial charge is 0.497 e. The van der Waals surface area contributed by atoms with Crippen molar-refractivity contribution in [1.82, 2.24) is 14.8 Å². The Labute approximate surface area is 213 Å². The van der Waals surface area contributed by atoms with Gasteiger partial charge in [0.15, 0.2) is 5.82 Å². The molecule has 2 heterocycles. The number of hydrogen-bond acceptors (Lipinski definition) is 6. The Bertz CT molecular complexity index is 1460. The van der Waals surface area contributed by atoms with Crippen LogP contribution >= 0.6 is 11.6 Å². The molecule has 1 unspecified atom stereocenters. The molecule has 1 aliphatic rings. The lowest BCUT2D eigenvalue weighted by molar-refractivity contribution is -0.116. The fourth-order valence-electron chi connectivity index (χ4n) is 4.31. The maximum absolute atomic E-state index is 13.3. The zero-order chi connectivity index (χ0) is 25.2. The van der Waals surface area contributed by atoms with Crippen LogP contribution in [0.1, 0.15) is 35.2 Å². The molecule has 0 radical (unpaired) electrons. The molecule has 9 heteroatoms. The van der Waals surface area contributed by atoms with E-state index < -0.39 is 6.04 Å². The smallest absolute Gasteiger partial charge is 0.227 e. The number of methoxy groups -OCH3 is 2. The minimum atomic E-state index is -0.583. The van der Waals surface area contributed by atoms with Gasteiger partial charge in [0.25, 0.3) is 0 Å². The second-order valence-corrected chi connectivity index (χ2v) is 8.71. The molecule has 0 spiro atoms. The number of benzene rings is 3. The first-order chi connectivity index (χ1) is 17.5. The lowest BCUT2D eigenvalue weighted by Gasteiger charge is -2.15. The lowest BCUT2D eigenvalue weighted by atomic mass is 10.0. The Balaban J connectivity index is 1.57. The lowest BCUT2D eigenvalue weighted by Crippen LogP contribution is -2.17. The fraction of sp³-hybridized carbons (Fsp3) is 0.185. The van der Waals surface area contributed by atoms with Gasteiger partial charge in [-0.3, -0.25) is 14.4 Å². The highest BCUT2D eigenvalue weighted by Crippen LogP contribution is 2.34. The van der Waals surface area contributed by atoms with Gasteiger partial charge in [-0.2, -0.15) is 0 Å². The summed E-state index contributed by atoms with van der Waals surface area (Å²) in [5.41, 5.74) is 3.98. The highest BCUT2D eigenvalue weighted by Gasteiger charge is 2.29. The van der Waals surface area contributed by atoms with Crippen LogP contribution in [0.4, 0.5) is 5.69 Å². The van der Waals surface area contributed by atoms with Crippen LogP contribution in [-0.2, 0) is 4.79 Å². The van der Waals surface area contributed by atoms with Crippen molar-refractivity contribution in [3.8, 4) is 17.2 Å². The van der Waals surface area contributed by atoms with Crippen molar-refractivity contribution in [3.05, 3.63) is 94.5 Å². The number of aliphatic imine (C=N–C) groups is 1. The average Bonchev–Trinajstić information content (AvgIpc) is 3.21. The Morgan fingerprint density at radius 2 is 1.81 bits per heavy atom. The van der Waals surface area contributed by atoms with Crippen molar-refractivity contribution in [2.24, 2.45) is 4.99 Å². The van der Waals surface area contributed by atoms with Gasteiger partial charge in [0.05, 0.1) is 37.7 Å². The number of fused-ring (bicyclic) bond motifs is 3. The van der Waals surface area contributed by atoms with Gasteiger partial charge in [-0.1, -0.05) is 41.9 Å². The molecule has 1 amide bonds. The Morgan fingerprint density at radius 1 is 1.03 bits per heavy atom. The molecule has 1 atom stereocenters. The zero-order valence-electron chi connectivity index (χ0n) is 20.0. The Morgan fingerprint density at radius 3 is 2.56 bits per heavy atom. The highest BCUT2D eigenvalue weighted by molar-refractivity contribution is 6.30. The minimum absolute atomic E-state index is 0.0452. The van der Waals surface area contributed by atoms with E-state index in [0.717, 1.165) is 22.5 Å². The van der Waals surface area contributed by atoms with Gasteiger partial charge in [0.1, 0.15) is 23.4 Å². The van der Waals surface area contributed by atoms with Crippen molar-refractivity contribution in [2.45, 2.75) is 19.4 Å². The second-order valence-electron chi connectivity index (χ2n) is 8.28. The van der Waals surface area contributed by atoms with Crippen LogP contribution in [0.2, 0.25) is 5.02 Å². The van der Waals surface area contributed by atoms with Gasteiger partial charge >= 0.3 is 0 Å². The van der Waals surface area contributed by atoms with Gasteiger partial charge in [-0.15, -0.1) is 10.2 Å². The molecule has 0 aliphatic carbocycles. The monoisotopic (exact) mass is 501 g/mol. The van der Waals surface area contributed by atoms with Crippen LogP contribution in [-0.4, -0.2) is 40.6 Å². The maximum Gasteiger partial charge on any atom is 0.227 e. The third-order valence-corrected chi connectivity index (χ3v) is 6.26. The fourth-order valence-corrected chi connectivity index (χ4v) is 4.43. The number of rotatable bonds is 6. The molecule has 0 saturated heterocycles. The predicted molar refractivity (Wildman–Crippen MR) is 139 cm³/mol.